The molecule has 0 spiro atoms. The lowest BCUT2D eigenvalue weighted by atomic mass is 10.1. The van der Waals surface area contributed by atoms with E-state index in [1.807, 2.05) is 31.2 Å². The lowest BCUT2D eigenvalue weighted by Gasteiger charge is -2.15. The molecule has 2 rings (SSSR count). The van der Waals surface area contributed by atoms with Crippen LogP contribution in [0.2, 0.25) is 5.02 Å². The molecule has 0 saturated carbocycles. The molecular formula is C17H19ClN2O2. The van der Waals surface area contributed by atoms with Gasteiger partial charge in [-0.25, -0.2) is 4.79 Å². The number of halogens is 1. The Balaban J connectivity index is 1.86. The Labute approximate surface area is 135 Å². The normalized spacial score (nSPS) is 11.6. The topological polar surface area (TPSA) is 50.4 Å². The number of benzene rings is 2. The quantitative estimate of drug-likeness (QED) is 0.872. The predicted octanol–water partition coefficient (Wildman–Crippen LogP) is 4.10. The molecule has 5 heteroatoms. The van der Waals surface area contributed by atoms with Crippen LogP contribution in [0.4, 0.5) is 10.5 Å². The molecule has 0 heterocycles. The third kappa shape index (κ3) is 4.97. The van der Waals surface area contributed by atoms with Gasteiger partial charge in [-0.15, -0.1) is 0 Å². The number of amides is 2. The fourth-order valence-electron chi connectivity index (χ4n) is 2.13. The fourth-order valence-corrected chi connectivity index (χ4v) is 2.25. The average molecular weight is 319 g/mol. The van der Waals surface area contributed by atoms with Gasteiger partial charge in [-0.3, -0.25) is 0 Å². The van der Waals surface area contributed by atoms with Crippen molar-refractivity contribution in [2.24, 2.45) is 0 Å². The van der Waals surface area contributed by atoms with E-state index < -0.39 is 0 Å². The van der Waals surface area contributed by atoms with Gasteiger partial charge in [0.25, 0.3) is 0 Å². The van der Waals surface area contributed by atoms with E-state index in [2.05, 4.69) is 10.6 Å². The predicted molar refractivity (Wildman–Crippen MR) is 89.8 cm³/mol. The summed E-state index contributed by atoms with van der Waals surface area (Å²) in [5.41, 5.74) is 1.81. The lowest BCUT2D eigenvalue weighted by Crippen LogP contribution is -2.37. The van der Waals surface area contributed by atoms with Crippen molar-refractivity contribution in [2.45, 2.75) is 19.4 Å². The first-order valence-corrected chi connectivity index (χ1v) is 7.40. The van der Waals surface area contributed by atoms with Crippen LogP contribution in [0.3, 0.4) is 0 Å². The van der Waals surface area contributed by atoms with Crippen molar-refractivity contribution in [3.8, 4) is 5.75 Å². The van der Waals surface area contributed by atoms with Crippen LogP contribution in [-0.2, 0) is 6.42 Å². The summed E-state index contributed by atoms with van der Waals surface area (Å²) in [6, 6.07) is 14.6. The van der Waals surface area contributed by atoms with Crippen LogP contribution in [-0.4, -0.2) is 19.2 Å². The number of carbonyl (C=O) groups is 1. The number of ether oxygens (including phenoxy) is 1. The second-order valence-corrected chi connectivity index (χ2v) is 5.50. The van der Waals surface area contributed by atoms with Gasteiger partial charge in [0.15, 0.2) is 0 Å². The van der Waals surface area contributed by atoms with E-state index in [4.69, 9.17) is 16.3 Å². The van der Waals surface area contributed by atoms with Gasteiger partial charge in [-0.1, -0.05) is 23.7 Å². The zero-order valence-corrected chi connectivity index (χ0v) is 13.4. The minimum atomic E-state index is -0.238. The van der Waals surface area contributed by atoms with Crippen molar-refractivity contribution >= 4 is 23.3 Å². The van der Waals surface area contributed by atoms with Crippen molar-refractivity contribution < 1.29 is 9.53 Å². The van der Waals surface area contributed by atoms with E-state index >= 15 is 0 Å². The molecule has 2 aromatic carbocycles. The summed E-state index contributed by atoms with van der Waals surface area (Å²) in [6.07, 6.45) is 0.727. The van der Waals surface area contributed by atoms with Crippen LogP contribution in [0.5, 0.6) is 5.75 Å². The monoisotopic (exact) mass is 318 g/mol. The van der Waals surface area contributed by atoms with Crippen LogP contribution >= 0.6 is 11.6 Å². The highest BCUT2D eigenvalue weighted by molar-refractivity contribution is 6.30. The maximum atomic E-state index is 11.9. The van der Waals surface area contributed by atoms with Crippen LogP contribution in [0.1, 0.15) is 12.5 Å². The van der Waals surface area contributed by atoms with Gasteiger partial charge in [-0.05, 0) is 55.3 Å². The maximum Gasteiger partial charge on any atom is 0.319 e. The smallest absolute Gasteiger partial charge is 0.319 e. The van der Waals surface area contributed by atoms with Crippen molar-refractivity contribution in [3.05, 3.63) is 59.1 Å². The first-order chi connectivity index (χ1) is 10.6. The summed E-state index contributed by atoms with van der Waals surface area (Å²) in [7, 11) is 1.64. The molecule has 0 radical (unpaired) electrons. The molecule has 0 aliphatic carbocycles. The Morgan fingerprint density at radius 2 is 1.95 bits per heavy atom. The van der Waals surface area contributed by atoms with Gasteiger partial charge >= 0.3 is 6.03 Å². The van der Waals surface area contributed by atoms with Gasteiger partial charge in [0.2, 0.25) is 0 Å². The van der Waals surface area contributed by atoms with Crippen molar-refractivity contribution in [2.75, 3.05) is 12.4 Å². The van der Waals surface area contributed by atoms with Gasteiger partial charge in [-0.2, -0.15) is 0 Å². The van der Waals surface area contributed by atoms with E-state index in [9.17, 15) is 4.79 Å². The maximum absolute atomic E-state index is 11.9. The van der Waals surface area contributed by atoms with Crippen LogP contribution < -0.4 is 15.4 Å². The third-order valence-corrected chi connectivity index (χ3v) is 3.41. The second kappa shape index (κ2) is 7.71. The number of carbonyl (C=O) groups excluding carboxylic acids is 1. The van der Waals surface area contributed by atoms with E-state index in [0.717, 1.165) is 17.7 Å². The summed E-state index contributed by atoms with van der Waals surface area (Å²) >= 11 is 5.81. The van der Waals surface area contributed by atoms with Crippen molar-refractivity contribution in [3.63, 3.8) is 0 Å². The van der Waals surface area contributed by atoms with Gasteiger partial charge in [0.05, 0.1) is 7.11 Å². The average Bonchev–Trinajstić information content (AvgIpc) is 2.49. The summed E-state index contributed by atoms with van der Waals surface area (Å²) in [6.45, 7) is 1.96. The SMILES string of the molecule is COc1cccc(CC(C)NC(=O)Nc2ccc(Cl)cc2)c1. The molecule has 2 amide bonds. The Kier molecular flexibility index (Phi) is 5.67. The van der Waals surface area contributed by atoms with E-state index in [0.29, 0.717) is 10.7 Å². The Morgan fingerprint density at radius 1 is 1.23 bits per heavy atom. The summed E-state index contributed by atoms with van der Waals surface area (Å²) in [4.78, 5) is 11.9. The number of methoxy groups -OCH3 is 1. The van der Waals surface area contributed by atoms with E-state index in [1.54, 1.807) is 31.4 Å². The summed E-state index contributed by atoms with van der Waals surface area (Å²) in [5, 5.41) is 6.32. The summed E-state index contributed by atoms with van der Waals surface area (Å²) in [5.74, 6) is 0.815. The Morgan fingerprint density at radius 3 is 2.64 bits per heavy atom. The zero-order chi connectivity index (χ0) is 15.9. The van der Waals surface area contributed by atoms with E-state index in [1.165, 1.54) is 0 Å². The van der Waals surface area contributed by atoms with Crippen molar-refractivity contribution in [1.82, 2.24) is 5.32 Å². The molecule has 22 heavy (non-hydrogen) atoms. The molecule has 1 unspecified atom stereocenters. The molecule has 0 aliphatic heterocycles. The highest BCUT2D eigenvalue weighted by Crippen LogP contribution is 2.15. The second-order valence-electron chi connectivity index (χ2n) is 5.06. The first kappa shape index (κ1) is 16.2. The Hall–Kier alpha value is -2.20. The largest absolute Gasteiger partial charge is 0.497 e. The molecule has 0 fully saturated rings. The summed E-state index contributed by atoms with van der Waals surface area (Å²) < 4.78 is 5.20. The van der Waals surface area contributed by atoms with Gasteiger partial charge in [0, 0.05) is 16.8 Å². The zero-order valence-electron chi connectivity index (χ0n) is 12.6. The molecule has 0 aromatic heterocycles. The third-order valence-electron chi connectivity index (χ3n) is 3.16. The highest BCUT2D eigenvalue weighted by atomic mass is 35.5. The van der Waals surface area contributed by atoms with Crippen LogP contribution in [0.15, 0.2) is 48.5 Å². The molecule has 2 aromatic rings. The van der Waals surface area contributed by atoms with Crippen molar-refractivity contribution in [1.29, 1.82) is 0 Å². The lowest BCUT2D eigenvalue weighted by molar-refractivity contribution is 0.249. The number of hydrogen-bond acceptors (Lipinski definition) is 2. The van der Waals surface area contributed by atoms with Crippen LogP contribution in [0, 0.1) is 0 Å². The number of anilines is 1. The molecule has 116 valence electrons. The fraction of sp³-hybridized carbons (Fsp3) is 0.235. The highest BCUT2D eigenvalue weighted by Gasteiger charge is 2.09. The molecule has 1 atom stereocenters. The minimum Gasteiger partial charge on any atom is -0.497 e. The number of hydrogen-bond donors (Lipinski definition) is 2. The molecular weight excluding hydrogens is 300 g/mol. The molecule has 2 N–H and O–H groups in total. The molecule has 0 bridgehead atoms. The number of urea groups is 1. The van der Waals surface area contributed by atoms with Crippen LogP contribution in [0.25, 0.3) is 0 Å². The molecule has 4 nitrogen and oxygen atoms in total. The Bertz CT molecular complexity index is 629. The van der Waals surface area contributed by atoms with Gasteiger partial charge in [0.1, 0.15) is 5.75 Å². The first-order valence-electron chi connectivity index (χ1n) is 7.03. The molecule has 0 saturated heterocycles. The minimum absolute atomic E-state index is 0.000550. The van der Waals surface area contributed by atoms with Gasteiger partial charge < -0.3 is 15.4 Å². The molecule has 0 aliphatic rings. The number of rotatable bonds is 5. The van der Waals surface area contributed by atoms with E-state index in [-0.39, 0.29) is 12.1 Å². The number of nitrogens with one attached hydrogen (secondary N) is 2. The standard InChI is InChI=1S/C17H19ClN2O2/c1-12(10-13-4-3-5-16(11-13)22-2)19-17(21)20-15-8-6-14(18)7-9-15/h3-9,11-12H,10H2,1-2H3,(H2,19,20,21).